The summed E-state index contributed by atoms with van der Waals surface area (Å²) in [6.07, 6.45) is 0.361. The van der Waals surface area contributed by atoms with Gasteiger partial charge in [-0.25, -0.2) is 4.98 Å². The molecule has 0 saturated heterocycles. The van der Waals surface area contributed by atoms with Crippen molar-refractivity contribution in [2.45, 2.75) is 20.3 Å². The maximum Gasteiger partial charge on any atom is 0.310 e. The second-order valence-electron chi connectivity index (χ2n) is 2.57. The zero-order chi connectivity index (χ0) is 9.84. The lowest BCUT2D eigenvalue weighted by molar-refractivity contribution is -0.134. The number of hydrogen-bond acceptors (Lipinski definition) is 3. The molecule has 1 heterocycles. The number of carbonyl (C=O) groups is 1. The van der Waals surface area contributed by atoms with Crippen LogP contribution in [0.1, 0.15) is 19.0 Å². The third-order valence-electron chi connectivity index (χ3n) is 1.47. The van der Waals surface area contributed by atoms with Crippen LogP contribution in [0.5, 0.6) is 5.75 Å². The van der Waals surface area contributed by atoms with Crippen LogP contribution >= 0.6 is 15.9 Å². The van der Waals surface area contributed by atoms with Crippen molar-refractivity contribution >= 4 is 21.9 Å². The minimum absolute atomic E-state index is 0.258. The lowest BCUT2D eigenvalue weighted by atomic mass is 10.4. The van der Waals surface area contributed by atoms with E-state index >= 15 is 0 Å². The highest BCUT2D eigenvalue weighted by atomic mass is 79.9. The minimum atomic E-state index is -0.258. The van der Waals surface area contributed by atoms with E-state index in [0.29, 0.717) is 16.8 Å². The molecule has 13 heavy (non-hydrogen) atoms. The van der Waals surface area contributed by atoms with E-state index in [1.807, 2.05) is 6.92 Å². The molecule has 1 aromatic heterocycles. The highest BCUT2D eigenvalue weighted by molar-refractivity contribution is 9.10. The number of halogens is 1. The van der Waals surface area contributed by atoms with Crippen LogP contribution in [0.4, 0.5) is 0 Å². The number of hydrogen-bond donors (Lipinski definition) is 0. The lowest BCUT2D eigenvalue weighted by Gasteiger charge is -2.04. The number of ether oxygens (including phenoxy) is 1. The van der Waals surface area contributed by atoms with E-state index in [9.17, 15) is 4.79 Å². The summed E-state index contributed by atoms with van der Waals surface area (Å²) in [6.45, 7) is 3.62. The molecule has 0 aliphatic heterocycles. The number of nitrogens with zero attached hydrogens (tertiary/aromatic N) is 1. The normalized spacial score (nSPS) is 9.77. The van der Waals surface area contributed by atoms with E-state index < -0.39 is 0 Å². The Labute approximate surface area is 85.3 Å². The van der Waals surface area contributed by atoms with Crippen molar-refractivity contribution in [3.05, 3.63) is 22.4 Å². The molecule has 1 aromatic rings. The smallest absolute Gasteiger partial charge is 0.310 e. The Kier molecular flexibility index (Phi) is 3.42. The number of esters is 1. The molecule has 0 radical (unpaired) electrons. The average Bonchev–Trinajstić information content (AvgIpc) is 2.09. The summed E-state index contributed by atoms with van der Waals surface area (Å²) in [5.41, 5.74) is 0.878. The Bertz CT molecular complexity index is 325. The Morgan fingerprint density at radius 3 is 2.85 bits per heavy atom. The maximum atomic E-state index is 10.9. The van der Waals surface area contributed by atoms with E-state index in [0.717, 1.165) is 5.69 Å². The Balaban J connectivity index is 2.83. The molecule has 70 valence electrons. The third-order valence-corrected chi connectivity index (χ3v) is 2.03. The van der Waals surface area contributed by atoms with Gasteiger partial charge in [0.25, 0.3) is 0 Å². The third kappa shape index (κ3) is 2.81. The molecule has 0 aromatic carbocycles. The fourth-order valence-corrected chi connectivity index (χ4v) is 1.28. The van der Waals surface area contributed by atoms with E-state index in [-0.39, 0.29) is 5.97 Å². The number of carbonyl (C=O) groups excluding carboxylic acids is 1. The minimum Gasteiger partial charge on any atom is -0.424 e. The fourth-order valence-electron chi connectivity index (χ4n) is 0.783. The largest absolute Gasteiger partial charge is 0.424 e. The van der Waals surface area contributed by atoms with Gasteiger partial charge in [0.1, 0.15) is 4.60 Å². The van der Waals surface area contributed by atoms with Gasteiger partial charge in [0.05, 0.1) is 0 Å². The number of aromatic nitrogens is 1. The molecule has 0 amide bonds. The van der Waals surface area contributed by atoms with Gasteiger partial charge >= 0.3 is 5.97 Å². The molecule has 0 spiro atoms. The monoisotopic (exact) mass is 243 g/mol. The Morgan fingerprint density at radius 2 is 2.31 bits per heavy atom. The topological polar surface area (TPSA) is 39.2 Å². The van der Waals surface area contributed by atoms with Gasteiger partial charge in [-0.15, -0.1) is 0 Å². The van der Waals surface area contributed by atoms with Crippen LogP contribution in [0.2, 0.25) is 0 Å². The SMILES string of the molecule is CCC(=O)Oc1ccc(C)nc1Br. The molecule has 0 unspecified atom stereocenters. The quantitative estimate of drug-likeness (QED) is 0.592. The van der Waals surface area contributed by atoms with Gasteiger partial charge in [-0.3, -0.25) is 4.79 Å². The first kappa shape index (κ1) is 10.2. The van der Waals surface area contributed by atoms with E-state index in [1.54, 1.807) is 19.1 Å². The molecule has 0 bridgehead atoms. The molecular weight excluding hydrogens is 234 g/mol. The zero-order valence-corrected chi connectivity index (χ0v) is 9.09. The van der Waals surface area contributed by atoms with Gasteiger partial charge in [0.15, 0.2) is 5.75 Å². The van der Waals surface area contributed by atoms with Gasteiger partial charge in [0.2, 0.25) is 0 Å². The predicted molar refractivity (Wildman–Crippen MR) is 52.6 cm³/mol. The number of aryl methyl sites for hydroxylation is 1. The molecule has 1 rings (SSSR count). The highest BCUT2D eigenvalue weighted by Crippen LogP contribution is 2.22. The molecular formula is C9H10BrNO2. The van der Waals surface area contributed by atoms with Crippen LogP contribution in [0.15, 0.2) is 16.7 Å². The van der Waals surface area contributed by atoms with Gasteiger partial charge < -0.3 is 4.74 Å². The van der Waals surface area contributed by atoms with Gasteiger partial charge in [-0.1, -0.05) is 6.92 Å². The van der Waals surface area contributed by atoms with Crippen molar-refractivity contribution in [3.63, 3.8) is 0 Å². The van der Waals surface area contributed by atoms with Crippen LogP contribution in [0.25, 0.3) is 0 Å². The van der Waals surface area contributed by atoms with Gasteiger partial charge in [0, 0.05) is 12.1 Å². The van der Waals surface area contributed by atoms with Crippen LogP contribution in [-0.4, -0.2) is 11.0 Å². The molecule has 4 heteroatoms. The van der Waals surface area contributed by atoms with Crippen molar-refractivity contribution < 1.29 is 9.53 Å². The van der Waals surface area contributed by atoms with Crippen molar-refractivity contribution in [1.29, 1.82) is 0 Å². The fraction of sp³-hybridized carbons (Fsp3) is 0.333. The highest BCUT2D eigenvalue weighted by Gasteiger charge is 2.06. The number of pyridine rings is 1. The number of rotatable bonds is 2. The van der Waals surface area contributed by atoms with Crippen LogP contribution in [0.3, 0.4) is 0 Å². The van der Waals surface area contributed by atoms with Gasteiger partial charge in [-0.2, -0.15) is 0 Å². The summed E-state index contributed by atoms with van der Waals surface area (Å²) in [5, 5.41) is 0. The Hall–Kier alpha value is -0.900. The van der Waals surface area contributed by atoms with Crippen LogP contribution in [-0.2, 0) is 4.79 Å². The molecule has 0 aliphatic rings. The van der Waals surface area contributed by atoms with E-state index in [2.05, 4.69) is 20.9 Å². The van der Waals surface area contributed by atoms with Crippen molar-refractivity contribution in [2.75, 3.05) is 0 Å². The first-order valence-corrected chi connectivity index (χ1v) is 4.76. The molecule has 0 saturated carbocycles. The standard InChI is InChI=1S/C9H10BrNO2/c1-3-8(12)13-7-5-4-6(2)11-9(7)10/h4-5H,3H2,1-2H3. The van der Waals surface area contributed by atoms with Crippen LogP contribution < -0.4 is 4.74 Å². The second-order valence-corrected chi connectivity index (χ2v) is 3.32. The second kappa shape index (κ2) is 4.37. The molecule has 0 aliphatic carbocycles. The average molecular weight is 244 g/mol. The molecule has 0 atom stereocenters. The summed E-state index contributed by atoms with van der Waals surface area (Å²) in [7, 11) is 0. The zero-order valence-electron chi connectivity index (χ0n) is 7.50. The first-order valence-electron chi connectivity index (χ1n) is 3.97. The van der Waals surface area contributed by atoms with E-state index in [4.69, 9.17) is 4.74 Å². The summed E-state index contributed by atoms with van der Waals surface area (Å²) in [6, 6.07) is 3.52. The molecule has 0 fully saturated rings. The Morgan fingerprint density at radius 1 is 1.62 bits per heavy atom. The van der Waals surface area contributed by atoms with E-state index in [1.165, 1.54) is 0 Å². The summed E-state index contributed by atoms with van der Waals surface area (Å²) in [4.78, 5) is 15.0. The van der Waals surface area contributed by atoms with Crippen molar-refractivity contribution in [2.24, 2.45) is 0 Å². The predicted octanol–water partition coefficient (Wildman–Crippen LogP) is 2.47. The summed E-state index contributed by atoms with van der Waals surface area (Å²) in [5.74, 6) is 0.212. The van der Waals surface area contributed by atoms with Crippen molar-refractivity contribution in [1.82, 2.24) is 4.98 Å². The van der Waals surface area contributed by atoms with Crippen LogP contribution in [0, 0.1) is 6.92 Å². The first-order chi connectivity index (χ1) is 6.13. The molecule has 3 nitrogen and oxygen atoms in total. The maximum absolute atomic E-state index is 10.9. The lowest BCUT2D eigenvalue weighted by Crippen LogP contribution is -2.06. The van der Waals surface area contributed by atoms with Crippen molar-refractivity contribution in [3.8, 4) is 5.75 Å². The summed E-state index contributed by atoms with van der Waals surface area (Å²) < 4.78 is 5.57. The van der Waals surface area contributed by atoms with Gasteiger partial charge in [-0.05, 0) is 35.0 Å². The molecule has 0 N–H and O–H groups in total. The summed E-state index contributed by atoms with van der Waals surface area (Å²) >= 11 is 3.22.